The number of thioether (sulfide) groups is 1. The van der Waals surface area contributed by atoms with Gasteiger partial charge in [-0.25, -0.2) is 4.98 Å². The minimum absolute atomic E-state index is 0.0298. The van der Waals surface area contributed by atoms with Crippen molar-refractivity contribution in [2.24, 2.45) is 5.92 Å². The molecular weight excluding hydrogens is 260 g/mol. The number of aromatic amines is 1. The minimum atomic E-state index is 0.0298. The van der Waals surface area contributed by atoms with Crippen molar-refractivity contribution in [2.45, 2.75) is 57.1 Å². The van der Waals surface area contributed by atoms with E-state index in [-0.39, 0.29) is 11.9 Å². The van der Waals surface area contributed by atoms with Gasteiger partial charge in [-0.1, -0.05) is 37.4 Å². The first kappa shape index (κ1) is 14.4. The zero-order chi connectivity index (χ0) is 13.7. The molecule has 1 saturated carbocycles. The van der Waals surface area contributed by atoms with Gasteiger partial charge in [0.1, 0.15) is 5.82 Å². The summed E-state index contributed by atoms with van der Waals surface area (Å²) < 4.78 is 0. The smallest absolute Gasteiger partial charge is 0.230 e. The molecule has 1 aromatic heterocycles. The number of aromatic nitrogens is 3. The highest BCUT2D eigenvalue weighted by Gasteiger charge is 2.17. The zero-order valence-corrected chi connectivity index (χ0v) is 12.4. The van der Waals surface area contributed by atoms with Gasteiger partial charge < -0.3 is 5.32 Å². The van der Waals surface area contributed by atoms with Crippen LogP contribution in [0.1, 0.15) is 45.4 Å². The molecule has 0 atom stereocenters. The number of amides is 1. The number of hydrogen-bond acceptors (Lipinski definition) is 4. The molecule has 5 nitrogen and oxygen atoms in total. The Morgan fingerprint density at radius 2 is 2.21 bits per heavy atom. The molecular formula is C13H22N4OS. The zero-order valence-electron chi connectivity index (χ0n) is 11.6. The van der Waals surface area contributed by atoms with E-state index < -0.39 is 0 Å². The van der Waals surface area contributed by atoms with Crippen molar-refractivity contribution in [3.63, 3.8) is 0 Å². The van der Waals surface area contributed by atoms with Crippen LogP contribution in [0.4, 0.5) is 0 Å². The number of hydrogen-bond donors (Lipinski definition) is 2. The molecule has 0 aromatic carbocycles. The first-order valence-corrected chi connectivity index (χ1v) is 7.95. The predicted octanol–water partition coefficient (Wildman–Crippen LogP) is 2.15. The van der Waals surface area contributed by atoms with Crippen molar-refractivity contribution in [3.05, 3.63) is 5.82 Å². The Bertz CT molecular complexity index is 413. The summed E-state index contributed by atoms with van der Waals surface area (Å²) in [5.41, 5.74) is 0. The van der Waals surface area contributed by atoms with E-state index in [4.69, 9.17) is 0 Å². The second-order valence-corrected chi connectivity index (χ2v) is 6.37. The summed E-state index contributed by atoms with van der Waals surface area (Å²) in [6.07, 6.45) is 6.29. The predicted molar refractivity (Wildman–Crippen MR) is 76.0 cm³/mol. The summed E-state index contributed by atoms with van der Waals surface area (Å²) in [5.74, 6) is 2.12. The molecule has 106 valence electrons. The summed E-state index contributed by atoms with van der Waals surface area (Å²) >= 11 is 1.38. The van der Waals surface area contributed by atoms with E-state index >= 15 is 0 Å². The molecule has 2 N–H and O–H groups in total. The number of nitrogens with one attached hydrogen (secondary N) is 2. The average molecular weight is 282 g/mol. The van der Waals surface area contributed by atoms with Gasteiger partial charge in [0.25, 0.3) is 0 Å². The summed E-state index contributed by atoms with van der Waals surface area (Å²) in [7, 11) is 0. The molecule has 2 rings (SSSR count). The molecule has 0 spiro atoms. The van der Waals surface area contributed by atoms with Gasteiger partial charge in [-0.05, 0) is 19.8 Å². The molecule has 0 unspecified atom stereocenters. The third-order valence-electron chi connectivity index (χ3n) is 3.25. The van der Waals surface area contributed by atoms with Crippen LogP contribution < -0.4 is 5.32 Å². The Kier molecular flexibility index (Phi) is 5.24. The average Bonchev–Trinajstić information content (AvgIpc) is 2.98. The molecule has 1 aliphatic rings. The third kappa shape index (κ3) is 4.86. The topological polar surface area (TPSA) is 70.7 Å². The molecule has 1 heterocycles. The molecule has 0 bridgehead atoms. The van der Waals surface area contributed by atoms with Crippen LogP contribution in [0.25, 0.3) is 0 Å². The maximum absolute atomic E-state index is 11.5. The van der Waals surface area contributed by atoms with Crippen molar-refractivity contribution in [2.75, 3.05) is 5.75 Å². The summed E-state index contributed by atoms with van der Waals surface area (Å²) in [4.78, 5) is 16.0. The Balaban J connectivity index is 1.75. The van der Waals surface area contributed by atoms with E-state index in [0.29, 0.717) is 10.9 Å². The Hall–Kier alpha value is -1.04. The summed E-state index contributed by atoms with van der Waals surface area (Å²) in [5, 5.41) is 10.7. The molecule has 1 amide bonds. The number of H-pyrrole nitrogens is 1. The van der Waals surface area contributed by atoms with Gasteiger partial charge in [-0.2, -0.15) is 0 Å². The van der Waals surface area contributed by atoms with Crippen LogP contribution >= 0.6 is 11.8 Å². The quantitative estimate of drug-likeness (QED) is 0.784. The number of nitrogens with zero attached hydrogens (tertiary/aromatic N) is 2. The van der Waals surface area contributed by atoms with Crippen LogP contribution in [0.2, 0.25) is 0 Å². The van der Waals surface area contributed by atoms with E-state index in [1.807, 2.05) is 13.8 Å². The van der Waals surface area contributed by atoms with Crippen LogP contribution in [0.5, 0.6) is 0 Å². The molecule has 1 aromatic rings. The Morgan fingerprint density at radius 1 is 1.47 bits per heavy atom. The molecule has 0 saturated heterocycles. The molecule has 6 heteroatoms. The summed E-state index contributed by atoms with van der Waals surface area (Å²) in [6, 6.07) is 0.179. The molecule has 19 heavy (non-hydrogen) atoms. The third-order valence-corrected chi connectivity index (χ3v) is 4.10. The van der Waals surface area contributed by atoms with E-state index in [1.165, 1.54) is 37.4 Å². The lowest BCUT2D eigenvalue weighted by Crippen LogP contribution is -2.31. The van der Waals surface area contributed by atoms with Gasteiger partial charge in [-0.3, -0.25) is 9.89 Å². The lowest BCUT2D eigenvalue weighted by molar-refractivity contribution is -0.119. The normalized spacial score (nSPS) is 16.2. The largest absolute Gasteiger partial charge is 0.353 e. The molecule has 0 radical (unpaired) electrons. The fourth-order valence-corrected chi connectivity index (χ4v) is 3.04. The van der Waals surface area contributed by atoms with Crippen molar-refractivity contribution in [1.82, 2.24) is 20.5 Å². The number of rotatable bonds is 6. The SMILES string of the molecule is CC(C)NC(=O)CSc1n[nH]c(CC2CCCC2)n1. The second-order valence-electron chi connectivity index (χ2n) is 5.43. The van der Waals surface area contributed by atoms with Crippen LogP contribution in [-0.2, 0) is 11.2 Å². The van der Waals surface area contributed by atoms with Gasteiger partial charge in [0, 0.05) is 12.5 Å². The minimum Gasteiger partial charge on any atom is -0.353 e. The fraction of sp³-hybridized carbons (Fsp3) is 0.769. The van der Waals surface area contributed by atoms with Gasteiger partial charge in [0.2, 0.25) is 11.1 Å². The van der Waals surface area contributed by atoms with Crippen molar-refractivity contribution < 1.29 is 4.79 Å². The van der Waals surface area contributed by atoms with E-state index in [9.17, 15) is 4.79 Å². The lowest BCUT2D eigenvalue weighted by Gasteiger charge is -2.06. The lowest BCUT2D eigenvalue weighted by atomic mass is 10.0. The van der Waals surface area contributed by atoms with Crippen LogP contribution in [0.3, 0.4) is 0 Å². The Morgan fingerprint density at radius 3 is 2.89 bits per heavy atom. The second kappa shape index (κ2) is 6.93. The maximum Gasteiger partial charge on any atom is 0.230 e. The van der Waals surface area contributed by atoms with Gasteiger partial charge >= 0.3 is 0 Å². The highest BCUT2D eigenvalue weighted by atomic mass is 32.2. The fourth-order valence-electron chi connectivity index (χ4n) is 2.42. The standard InChI is InChI=1S/C13H22N4OS/c1-9(2)14-12(18)8-19-13-15-11(16-17-13)7-10-5-3-4-6-10/h9-10H,3-8H2,1-2H3,(H,14,18)(H,15,16,17). The molecule has 1 fully saturated rings. The summed E-state index contributed by atoms with van der Waals surface area (Å²) in [6.45, 7) is 3.91. The van der Waals surface area contributed by atoms with Crippen LogP contribution in [-0.4, -0.2) is 32.9 Å². The number of carbonyl (C=O) groups excluding carboxylic acids is 1. The first-order valence-electron chi connectivity index (χ1n) is 6.97. The Labute approximate surface area is 118 Å². The van der Waals surface area contributed by atoms with E-state index in [1.54, 1.807) is 0 Å². The highest BCUT2D eigenvalue weighted by molar-refractivity contribution is 7.99. The number of carbonyl (C=O) groups is 1. The van der Waals surface area contributed by atoms with E-state index in [2.05, 4.69) is 20.5 Å². The first-order chi connectivity index (χ1) is 9.13. The molecule has 0 aliphatic heterocycles. The van der Waals surface area contributed by atoms with Crippen molar-refractivity contribution >= 4 is 17.7 Å². The van der Waals surface area contributed by atoms with Crippen LogP contribution in [0.15, 0.2) is 5.16 Å². The van der Waals surface area contributed by atoms with Crippen molar-refractivity contribution in [3.8, 4) is 0 Å². The van der Waals surface area contributed by atoms with E-state index in [0.717, 1.165) is 18.2 Å². The van der Waals surface area contributed by atoms with Crippen molar-refractivity contribution in [1.29, 1.82) is 0 Å². The van der Waals surface area contributed by atoms with Gasteiger partial charge in [-0.15, -0.1) is 5.10 Å². The highest BCUT2D eigenvalue weighted by Crippen LogP contribution is 2.27. The maximum atomic E-state index is 11.5. The van der Waals surface area contributed by atoms with Gasteiger partial charge in [0.05, 0.1) is 5.75 Å². The molecule has 1 aliphatic carbocycles. The monoisotopic (exact) mass is 282 g/mol. The van der Waals surface area contributed by atoms with Gasteiger partial charge in [0.15, 0.2) is 0 Å². The van der Waals surface area contributed by atoms with Crippen LogP contribution in [0, 0.1) is 5.92 Å².